The van der Waals surface area contributed by atoms with Crippen LogP contribution in [0.15, 0.2) is 12.1 Å². The third-order valence-corrected chi connectivity index (χ3v) is 2.99. The molecule has 0 aliphatic heterocycles. The molecule has 142 valence electrons. The monoisotopic (exact) mass is 360 g/mol. The van der Waals surface area contributed by atoms with E-state index in [0.29, 0.717) is 37.9 Å². The Kier molecular flexibility index (Phi) is 10.2. The molecule has 0 aliphatic rings. The molecule has 1 N–H and O–H groups in total. The maximum atomic E-state index is 11.2. The van der Waals surface area contributed by atoms with Crippen LogP contribution in [0.25, 0.3) is 0 Å². The minimum atomic E-state index is -0.511. The first kappa shape index (κ1) is 20.9. The predicted molar refractivity (Wildman–Crippen MR) is 89.3 cm³/mol. The number of hydrogen-bond acceptors (Lipinski definition) is 9. The van der Waals surface area contributed by atoms with E-state index in [-0.39, 0.29) is 25.0 Å². The van der Waals surface area contributed by atoms with Crippen LogP contribution in [-0.2, 0) is 18.9 Å². The largest absolute Gasteiger partial charge is 0.464 e. The van der Waals surface area contributed by atoms with E-state index >= 15 is 0 Å². The second kappa shape index (κ2) is 12.3. The van der Waals surface area contributed by atoms with Crippen molar-refractivity contribution < 1.29 is 33.3 Å². The summed E-state index contributed by atoms with van der Waals surface area (Å²) in [6.07, 6.45) is 0. The van der Waals surface area contributed by atoms with E-state index < -0.39 is 4.92 Å². The van der Waals surface area contributed by atoms with Crippen molar-refractivity contribution in [1.29, 1.82) is 0 Å². The number of benzene rings is 1. The Morgan fingerprint density at radius 3 is 1.92 bits per heavy atom. The molecule has 0 aromatic heterocycles. The molecule has 0 saturated carbocycles. The van der Waals surface area contributed by atoms with Crippen LogP contribution < -0.4 is 14.8 Å². The molecule has 10 nitrogen and oxygen atoms in total. The summed E-state index contributed by atoms with van der Waals surface area (Å²) in [5, 5.41) is 13.9. The normalized spacial score (nSPS) is 10.5. The van der Waals surface area contributed by atoms with Gasteiger partial charge in [0.2, 0.25) is 0 Å². The number of ether oxygens (including phenoxy) is 6. The highest BCUT2D eigenvalue weighted by molar-refractivity contribution is 5.68. The van der Waals surface area contributed by atoms with Crippen molar-refractivity contribution in [2.24, 2.45) is 0 Å². The molecule has 0 atom stereocenters. The molecule has 1 aromatic carbocycles. The fourth-order valence-corrected chi connectivity index (χ4v) is 1.74. The third-order valence-electron chi connectivity index (χ3n) is 2.99. The van der Waals surface area contributed by atoms with Gasteiger partial charge in [0, 0.05) is 27.3 Å². The van der Waals surface area contributed by atoms with Gasteiger partial charge in [-0.1, -0.05) is 0 Å². The van der Waals surface area contributed by atoms with Crippen LogP contribution in [0.3, 0.4) is 0 Å². The summed E-state index contributed by atoms with van der Waals surface area (Å²) >= 11 is 0. The first-order valence-corrected chi connectivity index (χ1v) is 7.53. The summed E-state index contributed by atoms with van der Waals surface area (Å²) in [5.41, 5.74) is 0.159. The van der Waals surface area contributed by atoms with Crippen LogP contribution in [0.1, 0.15) is 0 Å². The highest BCUT2D eigenvalue weighted by atomic mass is 16.7. The Morgan fingerprint density at radius 2 is 1.48 bits per heavy atom. The molecule has 0 aliphatic carbocycles. The van der Waals surface area contributed by atoms with Crippen LogP contribution in [0.4, 0.5) is 11.4 Å². The standard InChI is InChI=1S/C15H24N2O8/c1-16-12-8-14(24-10-22-6-4-20-2)15(9-13(12)17(18)19)25-11-23-7-5-21-3/h8-9,16H,4-7,10-11H2,1-3H3. The number of nitro benzene ring substituents is 1. The lowest BCUT2D eigenvalue weighted by Gasteiger charge is -2.14. The second-order valence-corrected chi connectivity index (χ2v) is 4.65. The van der Waals surface area contributed by atoms with Crippen LogP contribution in [-0.4, -0.2) is 66.2 Å². The lowest BCUT2D eigenvalue weighted by atomic mass is 10.2. The van der Waals surface area contributed by atoms with Gasteiger partial charge in [-0.3, -0.25) is 10.1 Å². The summed E-state index contributed by atoms with van der Waals surface area (Å²) in [6, 6.07) is 2.75. The number of rotatable bonds is 14. The molecule has 1 aromatic rings. The zero-order valence-corrected chi connectivity index (χ0v) is 14.6. The lowest BCUT2D eigenvalue weighted by Crippen LogP contribution is -2.11. The summed E-state index contributed by atoms with van der Waals surface area (Å²) in [7, 11) is 4.70. The zero-order valence-electron chi connectivity index (χ0n) is 14.6. The molecule has 0 spiro atoms. The molecule has 0 radical (unpaired) electrons. The fraction of sp³-hybridized carbons (Fsp3) is 0.600. The van der Waals surface area contributed by atoms with Crippen molar-refractivity contribution in [2.75, 3.05) is 66.6 Å². The molecule has 0 saturated heterocycles. The minimum Gasteiger partial charge on any atom is -0.464 e. The van der Waals surface area contributed by atoms with Gasteiger partial charge in [0.25, 0.3) is 5.69 Å². The zero-order chi connectivity index (χ0) is 18.5. The average molecular weight is 360 g/mol. The van der Waals surface area contributed by atoms with Gasteiger partial charge in [-0.05, 0) is 0 Å². The van der Waals surface area contributed by atoms with Crippen LogP contribution in [0.2, 0.25) is 0 Å². The molecule has 10 heteroatoms. The smallest absolute Gasteiger partial charge is 0.296 e. The summed E-state index contributed by atoms with van der Waals surface area (Å²) in [4.78, 5) is 10.7. The molecule has 25 heavy (non-hydrogen) atoms. The highest BCUT2D eigenvalue weighted by Crippen LogP contribution is 2.37. The summed E-state index contributed by atoms with van der Waals surface area (Å²) < 4.78 is 31.1. The number of nitro groups is 1. The Bertz CT molecular complexity index is 526. The minimum absolute atomic E-state index is 0.0504. The van der Waals surface area contributed by atoms with Crippen LogP contribution in [0.5, 0.6) is 11.5 Å². The first-order valence-electron chi connectivity index (χ1n) is 7.53. The number of nitrogens with one attached hydrogen (secondary N) is 1. The van der Waals surface area contributed by atoms with E-state index in [1.54, 1.807) is 21.3 Å². The average Bonchev–Trinajstić information content (AvgIpc) is 2.61. The van der Waals surface area contributed by atoms with Crippen molar-refractivity contribution in [2.45, 2.75) is 0 Å². The quantitative estimate of drug-likeness (QED) is 0.229. The Labute approximate surface area is 146 Å². The van der Waals surface area contributed by atoms with Crippen molar-refractivity contribution in [1.82, 2.24) is 0 Å². The number of nitrogens with zero attached hydrogens (tertiary/aromatic N) is 1. The van der Waals surface area contributed by atoms with Crippen molar-refractivity contribution in [3.63, 3.8) is 0 Å². The van der Waals surface area contributed by atoms with Crippen molar-refractivity contribution >= 4 is 11.4 Å². The van der Waals surface area contributed by atoms with Crippen LogP contribution in [0, 0.1) is 10.1 Å². The van der Waals surface area contributed by atoms with Crippen molar-refractivity contribution in [3.8, 4) is 11.5 Å². The second-order valence-electron chi connectivity index (χ2n) is 4.65. The van der Waals surface area contributed by atoms with Gasteiger partial charge in [-0.2, -0.15) is 0 Å². The maximum Gasteiger partial charge on any atom is 0.296 e. The molecule has 0 heterocycles. The van der Waals surface area contributed by atoms with E-state index in [9.17, 15) is 10.1 Å². The molecule has 0 amide bonds. The predicted octanol–water partition coefficient (Wildman–Crippen LogP) is 1.64. The summed E-state index contributed by atoms with van der Waals surface area (Å²) in [6.45, 7) is 1.40. The Hall–Kier alpha value is -2.14. The van der Waals surface area contributed by atoms with Gasteiger partial charge in [-0.25, -0.2) is 0 Å². The van der Waals surface area contributed by atoms with Gasteiger partial charge < -0.3 is 33.7 Å². The van der Waals surface area contributed by atoms with E-state index in [1.165, 1.54) is 12.1 Å². The van der Waals surface area contributed by atoms with Gasteiger partial charge in [0.15, 0.2) is 25.1 Å². The van der Waals surface area contributed by atoms with E-state index in [1.807, 2.05) is 0 Å². The number of hydrogen-bond donors (Lipinski definition) is 1. The molecular formula is C15H24N2O8. The Balaban J connectivity index is 2.79. The van der Waals surface area contributed by atoms with Gasteiger partial charge in [0.1, 0.15) is 5.69 Å². The third kappa shape index (κ3) is 7.52. The van der Waals surface area contributed by atoms with Gasteiger partial charge in [0.05, 0.1) is 37.4 Å². The number of anilines is 1. The highest BCUT2D eigenvalue weighted by Gasteiger charge is 2.19. The molecular weight excluding hydrogens is 336 g/mol. The first-order chi connectivity index (χ1) is 12.1. The van der Waals surface area contributed by atoms with E-state index in [4.69, 9.17) is 28.4 Å². The van der Waals surface area contributed by atoms with E-state index in [0.717, 1.165) is 0 Å². The number of methoxy groups -OCH3 is 2. The Morgan fingerprint density at radius 1 is 0.960 bits per heavy atom. The maximum absolute atomic E-state index is 11.2. The lowest BCUT2D eigenvalue weighted by molar-refractivity contribution is -0.384. The molecule has 1 rings (SSSR count). The fourth-order valence-electron chi connectivity index (χ4n) is 1.74. The van der Waals surface area contributed by atoms with Crippen LogP contribution >= 0.6 is 0 Å². The van der Waals surface area contributed by atoms with Crippen molar-refractivity contribution in [3.05, 3.63) is 22.2 Å². The molecule has 0 bridgehead atoms. The van der Waals surface area contributed by atoms with E-state index in [2.05, 4.69) is 5.32 Å². The molecule has 0 unspecified atom stereocenters. The van der Waals surface area contributed by atoms with Gasteiger partial charge in [-0.15, -0.1) is 0 Å². The SMILES string of the molecule is CNc1cc(OCOCCOC)c(OCOCCOC)cc1[N+](=O)[O-]. The van der Waals surface area contributed by atoms with Gasteiger partial charge >= 0.3 is 0 Å². The topological polar surface area (TPSA) is 111 Å². The summed E-state index contributed by atoms with van der Waals surface area (Å²) in [5.74, 6) is 0.473. The molecule has 0 fully saturated rings.